The maximum absolute atomic E-state index is 11.7. The van der Waals surface area contributed by atoms with Crippen LogP contribution in [-0.4, -0.2) is 41.0 Å². The molecule has 0 saturated heterocycles. The summed E-state index contributed by atoms with van der Waals surface area (Å²) in [6, 6.07) is 0.387. The van der Waals surface area contributed by atoms with Gasteiger partial charge in [-0.25, -0.2) is 9.97 Å². The molecule has 116 valence electrons. The van der Waals surface area contributed by atoms with E-state index in [1.807, 2.05) is 7.05 Å². The Morgan fingerprint density at radius 3 is 2.48 bits per heavy atom. The third kappa shape index (κ3) is 5.67. The third-order valence-electron chi connectivity index (χ3n) is 3.18. The molecule has 1 aliphatic carbocycles. The van der Waals surface area contributed by atoms with Gasteiger partial charge >= 0.3 is 0 Å². The molecule has 1 aliphatic rings. The molecule has 1 saturated carbocycles. The molecule has 0 aliphatic heterocycles. The summed E-state index contributed by atoms with van der Waals surface area (Å²) >= 11 is 0. The van der Waals surface area contributed by atoms with E-state index in [4.69, 9.17) is 0 Å². The molecule has 0 spiro atoms. The second-order valence-electron chi connectivity index (χ2n) is 6.69. The molecule has 1 fully saturated rings. The van der Waals surface area contributed by atoms with E-state index >= 15 is 0 Å². The molecule has 0 atom stereocenters. The number of aromatic nitrogens is 2. The SMILES string of the molecule is CN(CC(=O)NC1CC1)c1ncc(CNC(C)(C)C)cn1. The van der Waals surface area contributed by atoms with E-state index in [2.05, 4.69) is 41.4 Å². The molecular formula is C15H25N5O. The smallest absolute Gasteiger partial charge is 0.239 e. The average molecular weight is 291 g/mol. The maximum Gasteiger partial charge on any atom is 0.239 e. The van der Waals surface area contributed by atoms with Crippen molar-refractivity contribution in [3.8, 4) is 0 Å². The standard InChI is InChI=1S/C15H25N5O/c1-15(2,3)18-9-11-7-16-14(17-8-11)20(4)10-13(21)19-12-5-6-12/h7-8,12,18H,5-6,9-10H2,1-4H3,(H,19,21). The van der Waals surface area contributed by atoms with Crippen molar-refractivity contribution >= 4 is 11.9 Å². The molecule has 0 aromatic carbocycles. The van der Waals surface area contributed by atoms with E-state index in [0.29, 0.717) is 12.0 Å². The molecule has 0 radical (unpaired) electrons. The molecule has 1 heterocycles. The van der Waals surface area contributed by atoms with Crippen LogP contribution < -0.4 is 15.5 Å². The molecule has 6 nitrogen and oxygen atoms in total. The van der Waals surface area contributed by atoms with Crippen molar-refractivity contribution in [3.63, 3.8) is 0 Å². The van der Waals surface area contributed by atoms with Gasteiger partial charge in [-0.15, -0.1) is 0 Å². The predicted molar refractivity (Wildman–Crippen MR) is 83.1 cm³/mol. The highest BCUT2D eigenvalue weighted by Gasteiger charge is 2.23. The fourth-order valence-corrected chi connectivity index (χ4v) is 1.79. The Labute approximate surface area is 126 Å². The Bertz CT molecular complexity index is 476. The molecule has 21 heavy (non-hydrogen) atoms. The molecule has 0 bridgehead atoms. The number of amides is 1. The Balaban J connectivity index is 1.83. The van der Waals surface area contributed by atoms with Crippen LogP contribution in [-0.2, 0) is 11.3 Å². The van der Waals surface area contributed by atoms with Gasteiger partial charge in [-0.1, -0.05) is 0 Å². The van der Waals surface area contributed by atoms with Gasteiger partial charge in [0.1, 0.15) is 0 Å². The summed E-state index contributed by atoms with van der Waals surface area (Å²) in [5.41, 5.74) is 1.10. The quantitative estimate of drug-likeness (QED) is 0.821. The lowest BCUT2D eigenvalue weighted by Gasteiger charge is -2.20. The van der Waals surface area contributed by atoms with Gasteiger partial charge in [-0.2, -0.15) is 0 Å². The normalized spacial score (nSPS) is 14.9. The zero-order valence-electron chi connectivity index (χ0n) is 13.3. The Morgan fingerprint density at radius 1 is 1.33 bits per heavy atom. The molecule has 1 aromatic heterocycles. The van der Waals surface area contributed by atoms with E-state index in [0.717, 1.165) is 24.9 Å². The predicted octanol–water partition coefficient (Wildman–Crippen LogP) is 1.08. The second kappa shape index (κ2) is 6.39. The summed E-state index contributed by atoms with van der Waals surface area (Å²) in [6.45, 7) is 7.38. The second-order valence-corrected chi connectivity index (χ2v) is 6.69. The summed E-state index contributed by atoms with van der Waals surface area (Å²) in [6.07, 6.45) is 5.80. The van der Waals surface area contributed by atoms with E-state index in [1.54, 1.807) is 17.3 Å². The lowest BCUT2D eigenvalue weighted by atomic mass is 10.1. The first-order valence-corrected chi connectivity index (χ1v) is 7.40. The monoisotopic (exact) mass is 291 g/mol. The van der Waals surface area contributed by atoms with Crippen LogP contribution in [0.5, 0.6) is 0 Å². The Morgan fingerprint density at radius 2 is 1.95 bits per heavy atom. The van der Waals surface area contributed by atoms with Gasteiger partial charge in [0.05, 0.1) is 6.54 Å². The number of anilines is 1. The molecule has 1 amide bonds. The largest absolute Gasteiger partial charge is 0.352 e. The number of carbonyl (C=O) groups is 1. The number of hydrogen-bond acceptors (Lipinski definition) is 5. The molecule has 1 aromatic rings. The zero-order valence-corrected chi connectivity index (χ0v) is 13.3. The van der Waals surface area contributed by atoms with Gasteiger partial charge in [-0.3, -0.25) is 4.79 Å². The Hall–Kier alpha value is -1.69. The number of rotatable bonds is 6. The highest BCUT2D eigenvalue weighted by atomic mass is 16.2. The van der Waals surface area contributed by atoms with Crippen LogP contribution in [0, 0.1) is 0 Å². The van der Waals surface area contributed by atoms with Crippen molar-refractivity contribution in [2.75, 3.05) is 18.5 Å². The number of nitrogens with one attached hydrogen (secondary N) is 2. The number of nitrogens with zero attached hydrogens (tertiary/aromatic N) is 3. The first-order chi connectivity index (χ1) is 9.83. The van der Waals surface area contributed by atoms with E-state index < -0.39 is 0 Å². The summed E-state index contributed by atoms with van der Waals surface area (Å²) in [4.78, 5) is 22.1. The van der Waals surface area contributed by atoms with Crippen LogP contribution in [0.1, 0.15) is 39.2 Å². The zero-order chi connectivity index (χ0) is 15.5. The van der Waals surface area contributed by atoms with Gasteiger partial charge < -0.3 is 15.5 Å². The van der Waals surface area contributed by atoms with Gasteiger partial charge in [0, 0.05) is 43.1 Å². The van der Waals surface area contributed by atoms with Crippen molar-refractivity contribution in [3.05, 3.63) is 18.0 Å². The van der Waals surface area contributed by atoms with E-state index in [1.165, 1.54) is 0 Å². The first-order valence-electron chi connectivity index (χ1n) is 7.40. The van der Waals surface area contributed by atoms with Crippen LogP contribution in [0.4, 0.5) is 5.95 Å². The van der Waals surface area contributed by atoms with E-state index in [9.17, 15) is 4.79 Å². The van der Waals surface area contributed by atoms with Crippen LogP contribution >= 0.6 is 0 Å². The number of hydrogen-bond donors (Lipinski definition) is 2. The van der Waals surface area contributed by atoms with Crippen molar-refractivity contribution in [2.45, 2.75) is 51.7 Å². The van der Waals surface area contributed by atoms with Crippen LogP contribution in [0.25, 0.3) is 0 Å². The van der Waals surface area contributed by atoms with Crippen LogP contribution in [0.2, 0.25) is 0 Å². The van der Waals surface area contributed by atoms with Crippen molar-refractivity contribution in [1.82, 2.24) is 20.6 Å². The van der Waals surface area contributed by atoms with Gasteiger partial charge in [0.25, 0.3) is 0 Å². The first kappa shape index (κ1) is 15.7. The third-order valence-corrected chi connectivity index (χ3v) is 3.18. The topological polar surface area (TPSA) is 70.2 Å². The molecule has 2 rings (SSSR count). The van der Waals surface area contributed by atoms with Crippen molar-refractivity contribution in [1.29, 1.82) is 0 Å². The maximum atomic E-state index is 11.7. The van der Waals surface area contributed by atoms with Gasteiger partial charge in [0.15, 0.2) is 0 Å². The highest BCUT2D eigenvalue weighted by molar-refractivity contribution is 5.81. The minimum atomic E-state index is 0.0297. The number of likely N-dealkylation sites (N-methyl/N-ethyl adjacent to an activating group) is 1. The molecule has 6 heteroatoms. The molecule has 2 N–H and O–H groups in total. The Kier molecular flexibility index (Phi) is 4.77. The van der Waals surface area contributed by atoms with Crippen molar-refractivity contribution in [2.24, 2.45) is 0 Å². The summed E-state index contributed by atoms with van der Waals surface area (Å²) in [5, 5.41) is 6.35. The lowest BCUT2D eigenvalue weighted by molar-refractivity contribution is -0.119. The highest BCUT2D eigenvalue weighted by Crippen LogP contribution is 2.18. The van der Waals surface area contributed by atoms with Gasteiger partial charge in [-0.05, 0) is 33.6 Å². The fourth-order valence-electron chi connectivity index (χ4n) is 1.79. The van der Waals surface area contributed by atoms with Crippen LogP contribution in [0.3, 0.4) is 0 Å². The number of carbonyl (C=O) groups excluding carboxylic acids is 1. The summed E-state index contributed by atoms with van der Waals surface area (Å²) in [5.74, 6) is 0.600. The lowest BCUT2D eigenvalue weighted by Crippen LogP contribution is -2.37. The van der Waals surface area contributed by atoms with E-state index in [-0.39, 0.29) is 18.0 Å². The van der Waals surface area contributed by atoms with Crippen LogP contribution in [0.15, 0.2) is 12.4 Å². The summed E-state index contributed by atoms with van der Waals surface area (Å²) in [7, 11) is 1.83. The fraction of sp³-hybridized carbons (Fsp3) is 0.667. The minimum absolute atomic E-state index is 0.0297. The molecular weight excluding hydrogens is 266 g/mol. The average Bonchev–Trinajstić information content (AvgIpc) is 3.19. The minimum Gasteiger partial charge on any atom is -0.352 e. The molecule has 0 unspecified atom stereocenters. The van der Waals surface area contributed by atoms with Gasteiger partial charge in [0.2, 0.25) is 11.9 Å². The summed E-state index contributed by atoms with van der Waals surface area (Å²) < 4.78 is 0. The van der Waals surface area contributed by atoms with Crippen molar-refractivity contribution < 1.29 is 4.79 Å².